The van der Waals surface area contributed by atoms with Crippen LogP contribution in [0.3, 0.4) is 0 Å². The van der Waals surface area contributed by atoms with Crippen LogP contribution in [0, 0.1) is 5.92 Å². The van der Waals surface area contributed by atoms with E-state index in [0.717, 1.165) is 41.7 Å². The van der Waals surface area contributed by atoms with Crippen molar-refractivity contribution in [1.82, 2.24) is 9.47 Å². The van der Waals surface area contributed by atoms with Crippen LogP contribution in [0.2, 0.25) is 0 Å². The number of aryl methyl sites for hydroxylation is 1. The quantitative estimate of drug-likeness (QED) is 0.685. The summed E-state index contributed by atoms with van der Waals surface area (Å²) < 4.78 is 2.87. The van der Waals surface area contributed by atoms with Gasteiger partial charge in [-0.25, -0.2) is 0 Å². The molecule has 4 rings (SSSR count). The van der Waals surface area contributed by atoms with Gasteiger partial charge in [-0.1, -0.05) is 49.1 Å². The second-order valence-electron chi connectivity index (χ2n) is 7.60. The van der Waals surface area contributed by atoms with E-state index in [-0.39, 0.29) is 5.91 Å². The molecule has 2 aliphatic rings. The number of fused-ring (bicyclic) bond motifs is 3. The highest BCUT2D eigenvalue weighted by Crippen LogP contribution is 2.32. The Morgan fingerprint density at radius 2 is 1.92 bits per heavy atom. The van der Waals surface area contributed by atoms with E-state index in [4.69, 9.17) is 12.2 Å². The van der Waals surface area contributed by atoms with E-state index in [0.29, 0.717) is 5.75 Å². The Kier molecular flexibility index (Phi) is 5.37. The molecule has 1 fully saturated rings. The smallest absolute Gasteiger partial charge is 0.241 e. The minimum atomic E-state index is 0.169. The summed E-state index contributed by atoms with van der Waals surface area (Å²) in [7, 11) is 0. The van der Waals surface area contributed by atoms with Crippen molar-refractivity contribution in [3.63, 3.8) is 0 Å². The predicted molar refractivity (Wildman–Crippen MR) is 114 cm³/mol. The van der Waals surface area contributed by atoms with Gasteiger partial charge in [-0.2, -0.15) is 0 Å². The lowest BCUT2D eigenvalue weighted by atomic mass is 9.96. The monoisotopic (exact) mass is 386 g/mol. The Morgan fingerprint density at radius 1 is 1.19 bits per heavy atom. The van der Waals surface area contributed by atoms with Gasteiger partial charge in [0, 0.05) is 24.2 Å². The van der Waals surface area contributed by atoms with Gasteiger partial charge in [0.05, 0.1) is 11.3 Å². The van der Waals surface area contributed by atoms with Crippen molar-refractivity contribution >= 4 is 45.1 Å². The first-order valence-electron chi connectivity index (χ1n) is 9.71. The molecule has 26 heavy (non-hydrogen) atoms. The Hall–Kier alpha value is -1.33. The van der Waals surface area contributed by atoms with E-state index in [9.17, 15) is 4.79 Å². The van der Waals surface area contributed by atoms with Crippen molar-refractivity contribution in [3.8, 4) is 0 Å². The highest BCUT2D eigenvalue weighted by Gasteiger charge is 2.24. The number of hydrogen-bond acceptors (Lipinski definition) is 3. The van der Waals surface area contributed by atoms with Crippen molar-refractivity contribution in [1.29, 1.82) is 0 Å². The average molecular weight is 387 g/mol. The second kappa shape index (κ2) is 7.73. The Balaban J connectivity index is 1.51. The number of benzene rings is 1. The van der Waals surface area contributed by atoms with E-state index in [1.165, 1.54) is 54.1 Å². The molecule has 3 nitrogen and oxygen atoms in total. The summed E-state index contributed by atoms with van der Waals surface area (Å²) in [6, 6.07) is 8.36. The summed E-state index contributed by atoms with van der Waals surface area (Å²) in [6.07, 6.45) is 6.90. The molecule has 5 heteroatoms. The number of carbonyl (C=O) groups is 1. The van der Waals surface area contributed by atoms with E-state index in [1.807, 2.05) is 10.6 Å². The molecule has 0 atom stereocenters. The fraction of sp³-hybridized carbons (Fsp3) is 0.524. The molecule has 1 aromatic carbocycles. The first-order chi connectivity index (χ1) is 12.6. The molecule has 0 spiro atoms. The number of aromatic nitrogens is 1. The minimum Gasteiger partial charge on any atom is -0.357 e. The van der Waals surface area contributed by atoms with E-state index < -0.39 is 0 Å². The number of para-hydroxylation sites is 1. The number of carbonyl (C=O) groups excluding carboxylic acids is 1. The van der Waals surface area contributed by atoms with Crippen LogP contribution in [-0.4, -0.2) is 38.5 Å². The van der Waals surface area contributed by atoms with Crippen LogP contribution in [0.25, 0.3) is 10.9 Å². The average Bonchev–Trinajstić information content (AvgIpc) is 3.01. The van der Waals surface area contributed by atoms with Crippen molar-refractivity contribution < 1.29 is 4.79 Å². The molecule has 2 heterocycles. The molecular weight excluding hydrogens is 360 g/mol. The third-order valence-corrected chi connectivity index (χ3v) is 7.30. The summed E-state index contributed by atoms with van der Waals surface area (Å²) >= 11 is 7.14. The highest BCUT2D eigenvalue weighted by atomic mass is 32.2. The van der Waals surface area contributed by atoms with Crippen LogP contribution in [-0.2, 0) is 12.8 Å². The summed E-state index contributed by atoms with van der Waals surface area (Å²) in [6.45, 7) is 4.36. The largest absolute Gasteiger partial charge is 0.357 e. The minimum absolute atomic E-state index is 0.169. The molecule has 0 N–H and O–H groups in total. The fourth-order valence-electron chi connectivity index (χ4n) is 4.25. The molecule has 1 aliphatic heterocycles. The van der Waals surface area contributed by atoms with Crippen molar-refractivity contribution in [2.75, 3.05) is 18.8 Å². The zero-order chi connectivity index (χ0) is 18.1. The highest BCUT2D eigenvalue weighted by molar-refractivity contribution is 8.23. The summed E-state index contributed by atoms with van der Waals surface area (Å²) in [4.78, 5) is 15.4. The maximum atomic E-state index is 13.1. The standard InChI is InChI=1S/C21H26N2OS2/c1-15-10-12-22(13-11-15)21(25)26-14-20(24)23-18-8-4-2-6-16(18)17-7-3-5-9-19(17)23/h2,4,6,8,15H,3,5,7,9-14H2,1H3. The third kappa shape index (κ3) is 3.44. The summed E-state index contributed by atoms with van der Waals surface area (Å²) in [5, 5.41) is 1.26. The van der Waals surface area contributed by atoms with Gasteiger partial charge in [0.2, 0.25) is 5.91 Å². The zero-order valence-electron chi connectivity index (χ0n) is 15.4. The topological polar surface area (TPSA) is 25.2 Å². The van der Waals surface area contributed by atoms with Crippen molar-refractivity contribution in [2.24, 2.45) is 5.92 Å². The molecule has 138 valence electrons. The van der Waals surface area contributed by atoms with Crippen LogP contribution >= 0.6 is 24.0 Å². The van der Waals surface area contributed by atoms with Crippen LogP contribution in [0.5, 0.6) is 0 Å². The molecule has 0 radical (unpaired) electrons. The van der Waals surface area contributed by atoms with E-state index in [1.54, 1.807) is 0 Å². The molecule has 1 aliphatic carbocycles. The fourth-order valence-corrected chi connectivity index (χ4v) is 5.35. The van der Waals surface area contributed by atoms with Gasteiger partial charge in [0.1, 0.15) is 4.32 Å². The van der Waals surface area contributed by atoms with Gasteiger partial charge >= 0.3 is 0 Å². The van der Waals surface area contributed by atoms with Crippen LogP contribution < -0.4 is 0 Å². The van der Waals surface area contributed by atoms with Crippen LogP contribution in [0.15, 0.2) is 24.3 Å². The van der Waals surface area contributed by atoms with E-state index in [2.05, 4.69) is 30.0 Å². The SMILES string of the molecule is CC1CCN(C(=S)SCC(=O)n2c3c(c4ccccc42)CCCC3)CC1. The molecular formula is C21H26N2OS2. The Morgan fingerprint density at radius 3 is 2.73 bits per heavy atom. The molecule has 0 unspecified atom stereocenters. The van der Waals surface area contributed by atoms with Gasteiger partial charge in [0.15, 0.2) is 0 Å². The Bertz CT molecular complexity index is 834. The number of thioether (sulfide) groups is 1. The maximum Gasteiger partial charge on any atom is 0.241 e. The number of thiocarbonyl (C=S) groups is 1. The Labute approximate surface area is 165 Å². The molecule has 1 saturated heterocycles. The predicted octanol–water partition coefficient (Wildman–Crippen LogP) is 4.91. The van der Waals surface area contributed by atoms with Crippen LogP contribution in [0.1, 0.15) is 48.7 Å². The number of hydrogen-bond donors (Lipinski definition) is 0. The van der Waals surface area contributed by atoms with Gasteiger partial charge in [-0.15, -0.1) is 0 Å². The van der Waals surface area contributed by atoms with Gasteiger partial charge < -0.3 is 4.90 Å². The number of nitrogens with zero attached hydrogens (tertiary/aromatic N) is 2. The zero-order valence-corrected chi connectivity index (χ0v) is 17.0. The first-order valence-corrected chi connectivity index (χ1v) is 11.1. The number of likely N-dealkylation sites (tertiary alicyclic amines) is 1. The van der Waals surface area contributed by atoms with Gasteiger partial charge in [-0.3, -0.25) is 9.36 Å². The molecule has 1 aromatic heterocycles. The molecule has 0 amide bonds. The maximum absolute atomic E-state index is 13.1. The second-order valence-corrected chi connectivity index (χ2v) is 9.21. The third-order valence-electron chi connectivity index (χ3n) is 5.79. The first kappa shape index (κ1) is 18.1. The van der Waals surface area contributed by atoms with Crippen LogP contribution in [0.4, 0.5) is 0 Å². The lowest BCUT2D eigenvalue weighted by Gasteiger charge is -2.31. The van der Waals surface area contributed by atoms with E-state index >= 15 is 0 Å². The molecule has 0 saturated carbocycles. The summed E-state index contributed by atoms with van der Waals surface area (Å²) in [5.41, 5.74) is 3.70. The normalized spacial score (nSPS) is 18.1. The number of piperidine rings is 1. The van der Waals surface area contributed by atoms with Gasteiger partial charge in [-0.05, 0) is 56.1 Å². The van der Waals surface area contributed by atoms with Crippen molar-refractivity contribution in [3.05, 3.63) is 35.5 Å². The summed E-state index contributed by atoms with van der Waals surface area (Å²) in [5.74, 6) is 1.39. The van der Waals surface area contributed by atoms with Crippen molar-refractivity contribution in [2.45, 2.75) is 45.4 Å². The lowest BCUT2D eigenvalue weighted by Crippen LogP contribution is -2.36. The molecule has 0 bridgehead atoms. The molecule has 2 aromatic rings. The van der Waals surface area contributed by atoms with Gasteiger partial charge in [0.25, 0.3) is 0 Å². The number of rotatable bonds is 2. The lowest BCUT2D eigenvalue weighted by molar-refractivity contribution is 0.0943.